The molecule has 1 amide bonds. The average molecular weight is 334 g/mol. The SMILES string of the molecule is CCCC(CC)N1CCN(C(=O)COc2ccc(OC)cc2)CC1. The number of benzene rings is 1. The first-order valence-electron chi connectivity index (χ1n) is 8.96. The number of carbonyl (C=O) groups is 1. The molecule has 1 heterocycles. The third-order valence-electron chi connectivity index (χ3n) is 4.70. The van der Waals surface area contributed by atoms with Gasteiger partial charge in [0.2, 0.25) is 0 Å². The number of hydrogen-bond acceptors (Lipinski definition) is 4. The zero-order valence-electron chi connectivity index (χ0n) is 15.2. The molecular formula is C19H30N2O3. The van der Waals surface area contributed by atoms with E-state index >= 15 is 0 Å². The van der Waals surface area contributed by atoms with Crippen LogP contribution in [0.25, 0.3) is 0 Å². The number of methoxy groups -OCH3 is 1. The molecule has 0 spiro atoms. The van der Waals surface area contributed by atoms with Crippen LogP contribution in [0.1, 0.15) is 33.1 Å². The van der Waals surface area contributed by atoms with Crippen molar-refractivity contribution < 1.29 is 14.3 Å². The van der Waals surface area contributed by atoms with Gasteiger partial charge in [-0.05, 0) is 37.1 Å². The van der Waals surface area contributed by atoms with E-state index in [-0.39, 0.29) is 12.5 Å². The molecule has 1 unspecified atom stereocenters. The lowest BCUT2D eigenvalue weighted by Crippen LogP contribution is -2.52. The first kappa shape index (κ1) is 18.6. The van der Waals surface area contributed by atoms with Crippen molar-refractivity contribution in [1.82, 2.24) is 9.80 Å². The third-order valence-corrected chi connectivity index (χ3v) is 4.70. The quantitative estimate of drug-likeness (QED) is 0.733. The zero-order valence-corrected chi connectivity index (χ0v) is 15.2. The highest BCUT2D eigenvalue weighted by atomic mass is 16.5. The Kier molecular flexibility index (Phi) is 7.37. The highest BCUT2D eigenvalue weighted by Crippen LogP contribution is 2.17. The van der Waals surface area contributed by atoms with Crippen LogP contribution in [0.5, 0.6) is 11.5 Å². The molecule has 0 aromatic heterocycles. The molecule has 2 rings (SSSR count). The first-order valence-corrected chi connectivity index (χ1v) is 8.96. The second-order valence-electron chi connectivity index (χ2n) is 6.23. The maximum atomic E-state index is 12.3. The Bertz CT molecular complexity index is 496. The summed E-state index contributed by atoms with van der Waals surface area (Å²) in [7, 11) is 1.63. The predicted molar refractivity (Wildman–Crippen MR) is 95.6 cm³/mol. The minimum Gasteiger partial charge on any atom is -0.497 e. The number of amides is 1. The summed E-state index contributed by atoms with van der Waals surface area (Å²) in [5, 5.41) is 0. The molecule has 5 nitrogen and oxygen atoms in total. The summed E-state index contributed by atoms with van der Waals surface area (Å²) in [4.78, 5) is 16.8. The van der Waals surface area contributed by atoms with Gasteiger partial charge in [-0.2, -0.15) is 0 Å². The predicted octanol–water partition coefficient (Wildman–Crippen LogP) is 2.80. The van der Waals surface area contributed by atoms with Crippen LogP contribution in [-0.2, 0) is 4.79 Å². The Morgan fingerprint density at radius 3 is 2.25 bits per heavy atom. The molecule has 24 heavy (non-hydrogen) atoms. The molecule has 0 bridgehead atoms. The second-order valence-corrected chi connectivity index (χ2v) is 6.23. The van der Waals surface area contributed by atoms with Gasteiger partial charge < -0.3 is 14.4 Å². The third kappa shape index (κ3) is 5.13. The molecule has 1 aromatic carbocycles. The van der Waals surface area contributed by atoms with E-state index in [1.165, 1.54) is 19.3 Å². The molecule has 1 saturated heterocycles. The van der Waals surface area contributed by atoms with Gasteiger partial charge in [-0.1, -0.05) is 20.3 Å². The van der Waals surface area contributed by atoms with Crippen molar-refractivity contribution in [3.63, 3.8) is 0 Å². The molecule has 1 aliphatic rings. The van der Waals surface area contributed by atoms with E-state index in [9.17, 15) is 4.79 Å². The molecule has 0 saturated carbocycles. The standard InChI is InChI=1S/C19H30N2O3/c1-4-6-16(5-2)20-11-13-21(14-12-20)19(22)15-24-18-9-7-17(23-3)8-10-18/h7-10,16H,4-6,11-15H2,1-3H3. The van der Waals surface area contributed by atoms with Crippen molar-refractivity contribution in [2.75, 3.05) is 39.9 Å². The van der Waals surface area contributed by atoms with Crippen molar-refractivity contribution in [3.8, 4) is 11.5 Å². The summed E-state index contributed by atoms with van der Waals surface area (Å²) in [6, 6.07) is 7.96. The molecule has 1 aromatic rings. The van der Waals surface area contributed by atoms with Gasteiger partial charge in [0.1, 0.15) is 11.5 Å². The minimum atomic E-state index is 0.0639. The second kappa shape index (κ2) is 9.52. The van der Waals surface area contributed by atoms with Crippen LogP contribution in [0.4, 0.5) is 0 Å². The number of hydrogen-bond donors (Lipinski definition) is 0. The maximum Gasteiger partial charge on any atom is 0.260 e. The van der Waals surface area contributed by atoms with Crippen molar-refractivity contribution in [3.05, 3.63) is 24.3 Å². The Balaban J connectivity index is 1.75. The van der Waals surface area contributed by atoms with Crippen molar-refractivity contribution >= 4 is 5.91 Å². The zero-order chi connectivity index (χ0) is 17.4. The van der Waals surface area contributed by atoms with Crippen LogP contribution < -0.4 is 9.47 Å². The van der Waals surface area contributed by atoms with Crippen LogP contribution in [0.3, 0.4) is 0 Å². The number of rotatable bonds is 8. The van der Waals surface area contributed by atoms with E-state index in [4.69, 9.17) is 9.47 Å². The number of carbonyl (C=O) groups excluding carboxylic acids is 1. The van der Waals surface area contributed by atoms with Gasteiger partial charge in [-0.3, -0.25) is 9.69 Å². The lowest BCUT2D eigenvalue weighted by Gasteiger charge is -2.39. The van der Waals surface area contributed by atoms with E-state index in [2.05, 4.69) is 18.7 Å². The van der Waals surface area contributed by atoms with Gasteiger partial charge >= 0.3 is 0 Å². The molecule has 0 radical (unpaired) electrons. The normalized spacial score (nSPS) is 16.7. The molecule has 0 aliphatic carbocycles. The van der Waals surface area contributed by atoms with E-state index in [0.29, 0.717) is 11.8 Å². The average Bonchev–Trinajstić information content (AvgIpc) is 2.64. The molecule has 0 N–H and O–H groups in total. The van der Waals surface area contributed by atoms with Crippen molar-refractivity contribution in [2.45, 2.75) is 39.2 Å². The van der Waals surface area contributed by atoms with E-state index in [1.807, 2.05) is 29.2 Å². The smallest absolute Gasteiger partial charge is 0.260 e. The summed E-state index contributed by atoms with van der Waals surface area (Å²) >= 11 is 0. The fraction of sp³-hybridized carbons (Fsp3) is 0.632. The van der Waals surface area contributed by atoms with E-state index in [0.717, 1.165) is 31.9 Å². The summed E-state index contributed by atoms with van der Waals surface area (Å²) in [6.07, 6.45) is 3.64. The highest BCUT2D eigenvalue weighted by Gasteiger charge is 2.24. The summed E-state index contributed by atoms with van der Waals surface area (Å²) < 4.78 is 10.7. The lowest BCUT2D eigenvalue weighted by molar-refractivity contribution is -0.135. The van der Waals surface area contributed by atoms with Crippen molar-refractivity contribution in [2.24, 2.45) is 0 Å². The Morgan fingerprint density at radius 1 is 1.08 bits per heavy atom. The largest absolute Gasteiger partial charge is 0.497 e. The number of piperazine rings is 1. The van der Waals surface area contributed by atoms with Gasteiger partial charge in [-0.25, -0.2) is 0 Å². The first-order chi connectivity index (χ1) is 11.7. The molecule has 1 aliphatic heterocycles. The van der Waals surface area contributed by atoms with E-state index in [1.54, 1.807) is 7.11 Å². The molecular weight excluding hydrogens is 304 g/mol. The summed E-state index contributed by atoms with van der Waals surface area (Å²) in [5.74, 6) is 1.54. The Morgan fingerprint density at radius 2 is 1.71 bits per heavy atom. The van der Waals surface area contributed by atoms with Crippen LogP contribution in [0.2, 0.25) is 0 Å². The van der Waals surface area contributed by atoms with Crippen LogP contribution in [0.15, 0.2) is 24.3 Å². The topological polar surface area (TPSA) is 42.0 Å². The van der Waals surface area contributed by atoms with Crippen LogP contribution in [0, 0.1) is 0 Å². The fourth-order valence-electron chi connectivity index (χ4n) is 3.22. The maximum absolute atomic E-state index is 12.3. The number of nitrogens with zero attached hydrogens (tertiary/aromatic N) is 2. The monoisotopic (exact) mass is 334 g/mol. The Labute approximate surface area is 145 Å². The number of ether oxygens (including phenoxy) is 2. The van der Waals surface area contributed by atoms with Gasteiger partial charge in [0.25, 0.3) is 5.91 Å². The molecule has 1 fully saturated rings. The van der Waals surface area contributed by atoms with Crippen LogP contribution >= 0.6 is 0 Å². The molecule has 134 valence electrons. The van der Waals surface area contributed by atoms with Gasteiger partial charge in [-0.15, -0.1) is 0 Å². The van der Waals surface area contributed by atoms with Gasteiger partial charge in [0, 0.05) is 32.2 Å². The Hall–Kier alpha value is -1.75. The summed E-state index contributed by atoms with van der Waals surface area (Å²) in [6.45, 7) is 8.10. The molecule has 1 atom stereocenters. The van der Waals surface area contributed by atoms with Gasteiger partial charge in [0.05, 0.1) is 7.11 Å². The highest BCUT2D eigenvalue weighted by molar-refractivity contribution is 5.77. The van der Waals surface area contributed by atoms with Crippen LogP contribution in [-0.4, -0.2) is 61.6 Å². The van der Waals surface area contributed by atoms with E-state index < -0.39 is 0 Å². The van der Waals surface area contributed by atoms with Gasteiger partial charge in [0.15, 0.2) is 6.61 Å². The fourth-order valence-corrected chi connectivity index (χ4v) is 3.22. The lowest BCUT2D eigenvalue weighted by atomic mass is 10.1. The summed E-state index contributed by atoms with van der Waals surface area (Å²) in [5.41, 5.74) is 0. The molecule has 5 heteroatoms. The van der Waals surface area contributed by atoms with Crippen molar-refractivity contribution in [1.29, 1.82) is 0 Å². The minimum absolute atomic E-state index is 0.0639.